The Morgan fingerprint density at radius 3 is 2.78 bits per heavy atom. The summed E-state index contributed by atoms with van der Waals surface area (Å²) in [5, 5.41) is 7.59. The summed E-state index contributed by atoms with van der Waals surface area (Å²) in [6, 6.07) is 0. The molecule has 0 bridgehead atoms. The van der Waals surface area contributed by atoms with E-state index in [1.54, 1.807) is 7.05 Å². The van der Waals surface area contributed by atoms with Gasteiger partial charge in [0.15, 0.2) is 4.60 Å². The molecule has 0 radical (unpaired) electrons. The van der Waals surface area contributed by atoms with Gasteiger partial charge in [0.25, 0.3) is 10.0 Å². The fourth-order valence-electron chi connectivity index (χ4n) is 2.38. The van der Waals surface area contributed by atoms with Gasteiger partial charge in [-0.15, -0.1) is 5.10 Å². The first kappa shape index (κ1) is 14.0. The molecule has 1 unspecified atom stereocenters. The van der Waals surface area contributed by atoms with Gasteiger partial charge < -0.3 is 0 Å². The summed E-state index contributed by atoms with van der Waals surface area (Å²) in [6.07, 6.45) is 3.11. The molecular formula is C10H17BrN4O2S. The number of rotatable bonds is 4. The number of hydrogen-bond acceptors (Lipinski definition) is 4. The van der Waals surface area contributed by atoms with Crippen molar-refractivity contribution < 1.29 is 8.42 Å². The van der Waals surface area contributed by atoms with Crippen molar-refractivity contribution in [3.05, 3.63) is 4.60 Å². The van der Waals surface area contributed by atoms with E-state index >= 15 is 0 Å². The fraction of sp³-hybridized carbons (Fsp3) is 0.800. The van der Waals surface area contributed by atoms with Crippen LogP contribution in [0, 0.1) is 5.92 Å². The van der Waals surface area contributed by atoms with E-state index in [4.69, 9.17) is 0 Å². The standard InChI is InChI=1S/C10H17BrN4O2S/c1-3-4-8-5-6-15(7-8)18(16,17)10-9(11)12-13-14(10)2/h8H,3-7H2,1-2H3. The van der Waals surface area contributed by atoms with Gasteiger partial charge in [0.05, 0.1) is 0 Å². The zero-order valence-corrected chi connectivity index (χ0v) is 12.9. The number of nitrogens with zero attached hydrogens (tertiary/aromatic N) is 4. The number of aryl methyl sites for hydroxylation is 1. The number of aromatic nitrogens is 3. The highest BCUT2D eigenvalue weighted by Crippen LogP contribution is 2.28. The molecule has 1 aromatic rings. The van der Waals surface area contributed by atoms with Crippen LogP contribution in [0.5, 0.6) is 0 Å². The summed E-state index contributed by atoms with van der Waals surface area (Å²) in [6.45, 7) is 3.32. The van der Waals surface area contributed by atoms with Gasteiger partial charge in [0, 0.05) is 20.1 Å². The molecule has 2 rings (SSSR count). The molecule has 1 aliphatic rings. The average molecular weight is 337 g/mol. The summed E-state index contributed by atoms with van der Waals surface area (Å²) >= 11 is 3.15. The lowest BCUT2D eigenvalue weighted by atomic mass is 10.0. The van der Waals surface area contributed by atoms with Crippen molar-refractivity contribution >= 4 is 26.0 Å². The largest absolute Gasteiger partial charge is 0.263 e. The van der Waals surface area contributed by atoms with Crippen molar-refractivity contribution in [1.29, 1.82) is 0 Å². The minimum atomic E-state index is -3.48. The van der Waals surface area contributed by atoms with Gasteiger partial charge in [0.1, 0.15) is 0 Å². The topological polar surface area (TPSA) is 68.1 Å². The van der Waals surface area contributed by atoms with E-state index in [-0.39, 0.29) is 9.63 Å². The maximum absolute atomic E-state index is 12.5. The molecule has 2 heterocycles. The van der Waals surface area contributed by atoms with Crippen LogP contribution in [0.4, 0.5) is 0 Å². The minimum Gasteiger partial charge on any atom is -0.235 e. The van der Waals surface area contributed by atoms with Gasteiger partial charge in [-0.25, -0.2) is 13.1 Å². The fourth-order valence-corrected chi connectivity index (χ4v) is 4.94. The highest BCUT2D eigenvalue weighted by atomic mass is 79.9. The molecule has 0 aromatic carbocycles. The maximum atomic E-state index is 12.5. The molecule has 102 valence electrons. The Morgan fingerprint density at radius 1 is 1.50 bits per heavy atom. The predicted octanol–water partition coefficient (Wildman–Crippen LogP) is 1.39. The lowest BCUT2D eigenvalue weighted by molar-refractivity contribution is 0.438. The first-order chi connectivity index (χ1) is 8.46. The highest BCUT2D eigenvalue weighted by molar-refractivity contribution is 9.10. The van der Waals surface area contributed by atoms with Gasteiger partial charge in [-0.3, -0.25) is 0 Å². The third-order valence-electron chi connectivity index (χ3n) is 3.27. The van der Waals surface area contributed by atoms with E-state index < -0.39 is 10.0 Å². The van der Waals surface area contributed by atoms with Crippen molar-refractivity contribution in [1.82, 2.24) is 19.3 Å². The normalized spacial score (nSPS) is 21.6. The Bertz CT molecular complexity index is 508. The van der Waals surface area contributed by atoms with Crippen LogP contribution in [0.25, 0.3) is 0 Å². The quantitative estimate of drug-likeness (QED) is 0.833. The van der Waals surface area contributed by atoms with Gasteiger partial charge in [-0.2, -0.15) is 4.31 Å². The molecule has 6 nitrogen and oxygen atoms in total. The van der Waals surface area contributed by atoms with Crippen LogP contribution in [-0.4, -0.2) is 40.8 Å². The van der Waals surface area contributed by atoms with Gasteiger partial charge in [0.2, 0.25) is 5.03 Å². The maximum Gasteiger partial charge on any atom is 0.263 e. The second-order valence-electron chi connectivity index (χ2n) is 4.62. The van der Waals surface area contributed by atoms with Crippen molar-refractivity contribution in [2.45, 2.75) is 31.2 Å². The van der Waals surface area contributed by atoms with Crippen LogP contribution in [0.1, 0.15) is 26.2 Å². The molecule has 0 aliphatic carbocycles. The summed E-state index contributed by atoms with van der Waals surface area (Å²) in [5.74, 6) is 0.477. The summed E-state index contributed by atoms with van der Waals surface area (Å²) in [4.78, 5) is 0. The molecule has 0 amide bonds. The Balaban J connectivity index is 2.23. The Hall–Kier alpha value is -0.470. The van der Waals surface area contributed by atoms with Crippen LogP contribution in [0.15, 0.2) is 9.63 Å². The monoisotopic (exact) mass is 336 g/mol. The molecule has 1 fully saturated rings. The number of hydrogen-bond donors (Lipinski definition) is 0. The predicted molar refractivity (Wildman–Crippen MR) is 70.5 cm³/mol. The Morgan fingerprint density at radius 2 is 2.22 bits per heavy atom. The van der Waals surface area contributed by atoms with Crippen LogP contribution in [-0.2, 0) is 17.1 Å². The van der Waals surface area contributed by atoms with Crippen LogP contribution in [0.3, 0.4) is 0 Å². The van der Waals surface area contributed by atoms with Crippen molar-refractivity contribution in [3.8, 4) is 0 Å². The molecule has 8 heteroatoms. The van der Waals surface area contributed by atoms with E-state index in [2.05, 4.69) is 33.2 Å². The molecule has 0 N–H and O–H groups in total. The van der Waals surface area contributed by atoms with Gasteiger partial charge >= 0.3 is 0 Å². The second-order valence-corrected chi connectivity index (χ2v) is 7.22. The van der Waals surface area contributed by atoms with E-state index in [9.17, 15) is 8.42 Å². The van der Waals surface area contributed by atoms with Crippen LogP contribution < -0.4 is 0 Å². The molecule has 1 aliphatic heterocycles. The van der Waals surface area contributed by atoms with E-state index in [0.29, 0.717) is 19.0 Å². The minimum absolute atomic E-state index is 0.139. The Labute approximate surface area is 116 Å². The molecule has 0 saturated carbocycles. The molecule has 1 atom stereocenters. The lowest BCUT2D eigenvalue weighted by Crippen LogP contribution is -2.30. The molecular weight excluding hydrogens is 320 g/mol. The zero-order valence-electron chi connectivity index (χ0n) is 10.5. The summed E-state index contributed by atoms with van der Waals surface area (Å²) in [7, 11) is -1.90. The van der Waals surface area contributed by atoms with Crippen LogP contribution in [0.2, 0.25) is 0 Å². The van der Waals surface area contributed by atoms with Gasteiger partial charge in [-0.05, 0) is 34.7 Å². The second kappa shape index (κ2) is 5.26. The van der Waals surface area contributed by atoms with Crippen molar-refractivity contribution in [3.63, 3.8) is 0 Å². The third-order valence-corrected chi connectivity index (χ3v) is 6.02. The highest BCUT2D eigenvalue weighted by Gasteiger charge is 2.35. The lowest BCUT2D eigenvalue weighted by Gasteiger charge is -2.16. The van der Waals surface area contributed by atoms with E-state index in [1.165, 1.54) is 8.99 Å². The van der Waals surface area contributed by atoms with E-state index in [1.807, 2.05) is 0 Å². The van der Waals surface area contributed by atoms with Gasteiger partial charge in [-0.1, -0.05) is 18.6 Å². The van der Waals surface area contributed by atoms with Crippen LogP contribution >= 0.6 is 15.9 Å². The zero-order chi connectivity index (χ0) is 13.3. The first-order valence-corrected chi connectivity index (χ1v) is 8.25. The first-order valence-electron chi connectivity index (χ1n) is 6.02. The molecule has 1 saturated heterocycles. The SMILES string of the molecule is CCCC1CCN(S(=O)(=O)c2c(Br)nnn2C)C1. The van der Waals surface area contributed by atoms with Crippen molar-refractivity contribution in [2.75, 3.05) is 13.1 Å². The summed E-state index contributed by atoms with van der Waals surface area (Å²) < 4.78 is 28.1. The Kier molecular flexibility index (Phi) is 4.08. The number of sulfonamides is 1. The smallest absolute Gasteiger partial charge is 0.235 e. The van der Waals surface area contributed by atoms with E-state index in [0.717, 1.165) is 19.3 Å². The average Bonchev–Trinajstić information content (AvgIpc) is 2.87. The third kappa shape index (κ3) is 2.46. The molecule has 18 heavy (non-hydrogen) atoms. The van der Waals surface area contributed by atoms with Crippen molar-refractivity contribution in [2.24, 2.45) is 13.0 Å². The molecule has 0 spiro atoms. The molecule has 1 aromatic heterocycles. The number of halogens is 1. The summed E-state index contributed by atoms with van der Waals surface area (Å²) in [5.41, 5.74) is 0.